The lowest BCUT2D eigenvalue weighted by molar-refractivity contribution is -0.117. The number of halogens is 2. The summed E-state index contributed by atoms with van der Waals surface area (Å²) in [5, 5.41) is 2.56. The fraction of sp³-hybridized carbons (Fsp3) is 0.600. The first-order valence-electron chi connectivity index (χ1n) is 9.93. The standard InChI is InChI=1S/C20H32BrN3O4S.ClH/c1-4-5-6-7-8-9-14-29(27,28)23-18-11-10-16(21)15-17(18)19(25)20(26)22-12-13-24(2)3;/h10-11,15,23H,4-9,12-14H2,1-3H3,(H,22,26);1H. The van der Waals surface area contributed by atoms with Crippen LogP contribution in [0.25, 0.3) is 0 Å². The van der Waals surface area contributed by atoms with E-state index in [2.05, 4.69) is 32.9 Å². The molecule has 2 N–H and O–H groups in total. The molecule has 0 aromatic heterocycles. The first kappa shape index (κ1) is 28.8. The van der Waals surface area contributed by atoms with Gasteiger partial charge in [-0.05, 0) is 38.7 Å². The van der Waals surface area contributed by atoms with E-state index >= 15 is 0 Å². The number of unbranched alkanes of at least 4 members (excludes halogenated alkanes) is 5. The van der Waals surface area contributed by atoms with Crippen LogP contribution in [0.5, 0.6) is 0 Å². The highest BCUT2D eigenvalue weighted by Crippen LogP contribution is 2.23. The zero-order valence-corrected chi connectivity index (χ0v) is 21.1. The maximum atomic E-state index is 12.6. The van der Waals surface area contributed by atoms with Crippen molar-refractivity contribution in [1.29, 1.82) is 0 Å². The number of ketones is 1. The summed E-state index contributed by atoms with van der Waals surface area (Å²) in [6, 6.07) is 4.57. The van der Waals surface area contributed by atoms with Crippen molar-refractivity contribution in [2.75, 3.05) is 37.7 Å². The molecule has 0 aliphatic carbocycles. The second-order valence-corrected chi connectivity index (χ2v) is 10.0. The molecule has 0 fully saturated rings. The summed E-state index contributed by atoms with van der Waals surface area (Å²) in [6.07, 6.45) is 5.83. The zero-order valence-electron chi connectivity index (χ0n) is 17.9. The van der Waals surface area contributed by atoms with Crippen LogP contribution in [0.3, 0.4) is 0 Å². The van der Waals surface area contributed by atoms with E-state index in [1.165, 1.54) is 12.1 Å². The van der Waals surface area contributed by atoms with E-state index < -0.39 is 21.7 Å². The smallest absolute Gasteiger partial charge is 0.292 e. The summed E-state index contributed by atoms with van der Waals surface area (Å²) in [4.78, 5) is 26.6. The molecule has 10 heteroatoms. The molecule has 0 spiro atoms. The van der Waals surface area contributed by atoms with E-state index in [0.717, 1.165) is 32.1 Å². The molecule has 1 aromatic rings. The number of sulfonamides is 1. The van der Waals surface area contributed by atoms with Gasteiger partial charge in [0.15, 0.2) is 0 Å². The van der Waals surface area contributed by atoms with Crippen molar-refractivity contribution in [2.45, 2.75) is 45.4 Å². The maximum absolute atomic E-state index is 12.6. The van der Waals surface area contributed by atoms with Gasteiger partial charge < -0.3 is 10.2 Å². The van der Waals surface area contributed by atoms with E-state index in [0.29, 0.717) is 24.0 Å². The Morgan fingerprint density at radius 3 is 2.33 bits per heavy atom. The Balaban J connectivity index is 0.00000841. The summed E-state index contributed by atoms with van der Waals surface area (Å²) in [5.41, 5.74) is 0.139. The summed E-state index contributed by atoms with van der Waals surface area (Å²) in [7, 11) is 0.114. The van der Waals surface area contributed by atoms with Crippen molar-refractivity contribution in [3.8, 4) is 0 Å². The highest BCUT2D eigenvalue weighted by Gasteiger charge is 2.22. The van der Waals surface area contributed by atoms with Crippen molar-refractivity contribution in [2.24, 2.45) is 0 Å². The van der Waals surface area contributed by atoms with E-state index in [1.807, 2.05) is 19.0 Å². The third kappa shape index (κ3) is 11.3. The van der Waals surface area contributed by atoms with Crippen molar-refractivity contribution in [3.05, 3.63) is 28.2 Å². The molecule has 0 aliphatic heterocycles. The van der Waals surface area contributed by atoms with Crippen molar-refractivity contribution < 1.29 is 18.0 Å². The minimum absolute atomic E-state index is 0. The van der Waals surface area contributed by atoms with E-state index in [9.17, 15) is 18.0 Å². The van der Waals surface area contributed by atoms with E-state index in [-0.39, 0.29) is 29.4 Å². The molecular formula is C20H33BrClN3O4S. The minimum Gasteiger partial charge on any atom is -0.348 e. The SMILES string of the molecule is CCCCCCCCS(=O)(=O)Nc1ccc(Br)cc1C(=O)C(=O)NCCN(C)C.Cl. The summed E-state index contributed by atoms with van der Waals surface area (Å²) < 4.78 is 27.9. The zero-order chi connectivity index (χ0) is 21.9. The van der Waals surface area contributed by atoms with Gasteiger partial charge >= 0.3 is 0 Å². The van der Waals surface area contributed by atoms with Gasteiger partial charge in [0.1, 0.15) is 0 Å². The first-order chi connectivity index (χ1) is 13.7. The Morgan fingerprint density at radius 2 is 1.70 bits per heavy atom. The molecule has 0 saturated heterocycles. The molecule has 1 rings (SSSR count). The molecule has 1 amide bonds. The van der Waals surface area contributed by atoms with Gasteiger partial charge in [-0.3, -0.25) is 14.3 Å². The van der Waals surface area contributed by atoms with E-state index in [1.54, 1.807) is 6.07 Å². The Labute approximate surface area is 195 Å². The third-order valence-corrected chi connectivity index (χ3v) is 6.16. The molecule has 0 unspecified atom stereocenters. The van der Waals surface area contributed by atoms with Crippen LogP contribution in [-0.2, 0) is 14.8 Å². The molecular weight excluding hydrogens is 494 g/mol. The molecule has 0 saturated carbocycles. The minimum atomic E-state index is -3.61. The van der Waals surface area contributed by atoms with Gasteiger partial charge in [-0.25, -0.2) is 8.42 Å². The topological polar surface area (TPSA) is 95.6 Å². The summed E-state index contributed by atoms with van der Waals surface area (Å²) >= 11 is 3.27. The van der Waals surface area contributed by atoms with Gasteiger partial charge in [0.25, 0.3) is 11.7 Å². The quantitative estimate of drug-likeness (QED) is 0.218. The van der Waals surface area contributed by atoms with Crippen LogP contribution in [0.15, 0.2) is 22.7 Å². The van der Waals surface area contributed by atoms with Crippen LogP contribution >= 0.6 is 28.3 Å². The van der Waals surface area contributed by atoms with Crippen LogP contribution in [0, 0.1) is 0 Å². The fourth-order valence-electron chi connectivity index (χ4n) is 2.68. The van der Waals surface area contributed by atoms with E-state index in [4.69, 9.17) is 0 Å². The predicted molar refractivity (Wildman–Crippen MR) is 128 cm³/mol. The van der Waals surface area contributed by atoms with Crippen LogP contribution in [-0.4, -0.2) is 57.9 Å². The molecule has 0 bridgehead atoms. The molecule has 0 atom stereocenters. The number of anilines is 1. The number of rotatable bonds is 14. The highest BCUT2D eigenvalue weighted by atomic mass is 79.9. The summed E-state index contributed by atoms with van der Waals surface area (Å²) in [5.74, 6) is -1.55. The lowest BCUT2D eigenvalue weighted by Gasteiger charge is -2.13. The van der Waals surface area contributed by atoms with Gasteiger partial charge in [0, 0.05) is 17.6 Å². The lowest BCUT2D eigenvalue weighted by Crippen LogP contribution is -2.36. The van der Waals surface area contributed by atoms with Gasteiger partial charge in [-0.2, -0.15) is 0 Å². The number of likely N-dealkylation sites (N-methyl/N-ethyl adjacent to an activating group) is 1. The highest BCUT2D eigenvalue weighted by molar-refractivity contribution is 9.10. The van der Waals surface area contributed by atoms with Crippen molar-refractivity contribution in [3.63, 3.8) is 0 Å². The molecule has 30 heavy (non-hydrogen) atoms. The number of nitrogens with one attached hydrogen (secondary N) is 2. The number of amides is 1. The molecule has 0 aliphatic rings. The number of hydrogen-bond acceptors (Lipinski definition) is 5. The molecule has 1 aromatic carbocycles. The Morgan fingerprint density at radius 1 is 1.07 bits per heavy atom. The van der Waals surface area contributed by atoms with Crippen LogP contribution < -0.4 is 10.0 Å². The van der Waals surface area contributed by atoms with Crippen molar-refractivity contribution >= 4 is 55.7 Å². The summed E-state index contributed by atoms with van der Waals surface area (Å²) in [6.45, 7) is 3.05. The average Bonchev–Trinajstić information content (AvgIpc) is 2.64. The second kappa shape index (κ2) is 14.8. The normalized spacial score (nSPS) is 11.1. The lowest BCUT2D eigenvalue weighted by atomic mass is 10.1. The van der Waals surface area contributed by atoms with Crippen LogP contribution in [0.2, 0.25) is 0 Å². The number of carbonyl (C=O) groups excluding carboxylic acids is 2. The number of carbonyl (C=O) groups is 2. The predicted octanol–water partition coefficient (Wildman–Crippen LogP) is 3.83. The fourth-order valence-corrected chi connectivity index (χ4v) is 4.24. The molecule has 172 valence electrons. The van der Waals surface area contributed by atoms with Crippen LogP contribution in [0.1, 0.15) is 55.8 Å². The van der Waals surface area contributed by atoms with Gasteiger partial charge in [0.2, 0.25) is 10.0 Å². The van der Waals surface area contributed by atoms with Gasteiger partial charge in [-0.15, -0.1) is 12.4 Å². The molecule has 7 nitrogen and oxygen atoms in total. The molecule has 0 radical (unpaired) electrons. The second-order valence-electron chi connectivity index (χ2n) is 7.27. The average molecular weight is 527 g/mol. The van der Waals surface area contributed by atoms with Crippen molar-refractivity contribution in [1.82, 2.24) is 10.2 Å². The molecule has 0 heterocycles. The monoisotopic (exact) mass is 525 g/mol. The Bertz CT molecular complexity index is 788. The Hall–Kier alpha value is -1.16. The Kier molecular flexibility index (Phi) is 14.2. The number of nitrogens with zero attached hydrogens (tertiary/aromatic N) is 1. The van der Waals surface area contributed by atoms with Crippen LogP contribution in [0.4, 0.5) is 5.69 Å². The maximum Gasteiger partial charge on any atom is 0.292 e. The van der Waals surface area contributed by atoms with Gasteiger partial charge in [0.05, 0.1) is 17.0 Å². The largest absolute Gasteiger partial charge is 0.348 e. The number of Topliss-reactive ketones (excluding diaryl/α,β-unsaturated/α-hetero) is 1. The first-order valence-corrected chi connectivity index (χ1v) is 12.4. The third-order valence-electron chi connectivity index (χ3n) is 4.31. The number of benzene rings is 1. The number of hydrogen-bond donors (Lipinski definition) is 2. The van der Waals surface area contributed by atoms with Gasteiger partial charge in [-0.1, -0.05) is 55.0 Å².